The van der Waals surface area contributed by atoms with Crippen molar-refractivity contribution in [3.63, 3.8) is 0 Å². The van der Waals surface area contributed by atoms with E-state index in [1.807, 2.05) is 72.8 Å². The molecule has 10 aromatic carbocycles. The van der Waals surface area contributed by atoms with Crippen LogP contribution in [0.2, 0.25) is 0 Å². The molecule has 0 amide bonds. The number of benzene rings is 10. The lowest BCUT2D eigenvalue weighted by atomic mass is 9.65. The van der Waals surface area contributed by atoms with Gasteiger partial charge in [-0.2, -0.15) is 0 Å². The Labute approximate surface area is 422 Å². The van der Waals surface area contributed by atoms with Gasteiger partial charge in [-0.3, -0.25) is 0 Å². The van der Waals surface area contributed by atoms with Crippen LogP contribution in [0.1, 0.15) is 43.2 Å². The molecule has 0 saturated heterocycles. The second-order valence-corrected chi connectivity index (χ2v) is 21.7. The second kappa shape index (κ2) is 19.5. The lowest BCUT2D eigenvalue weighted by molar-refractivity contribution is 0.346. The number of rotatable bonds is 11. The summed E-state index contributed by atoms with van der Waals surface area (Å²) in [5.74, 6) is 1.92. The topological polar surface area (TPSA) is 55.7 Å². The van der Waals surface area contributed by atoms with Crippen molar-refractivity contribution in [3.05, 3.63) is 266 Å². The Balaban J connectivity index is 0.888. The molecule has 1 aliphatic carbocycles. The summed E-state index contributed by atoms with van der Waals surface area (Å²) >= 11 is 0. The molecule has 12 rings (SSSR count). The zero-order valence-corrected chi connectivity index (χ0v) is 40.9. The van der Waals surface area contributed by atoms with Crippen molar-refractivity contribution < 1.29 is 4.57 Å². The average molecular weight is 946 g/mol. The average Bonchev–Trinajstić information content (AvgIpc) is 3.48. The van der Waals surface area contributed by atoms with Gasteiger partial charge in [0.2, 0.25) is 0 Å². The van der Waals surface area contributed by atoms with Gasteiger partial charge in [-0.1, -0.05) is 268 Å². The highest BCUT2D eigenvalue weighted by Crippen LogP contribution is 2.48. The predicted octanol–water partition coefficient (Wildman–Crippen LogP) is 15.9. The van der Waals surface area contributed by atoms with Crippen LogP contribution in [0.3, 0.4) is 0 Å². The van der Waals surface area contributed by atoms with Gasteiger partial charge in [0.1, 0.15) is 0 Å². The van der Waals surface area contributed by atoms with Gasteiger partial charge in [0, 0.05) is 38.0 Å². The summed E-state index contributed by atoms with van der Waals surface area (Å²) in [5, 5.41) is 4.64. The number of fused-ring (bicyclic) bond motifs is 1. The maximum atomic E-state index is 15.6. The molecule has 1 fully saturated rings. The molecule has 0 unspecified atom stereocenters. The van der Waals surface area contributed by atoms with Crippen molar-refractivity contribution in [2.75, 3.05) is 0 Å². The number of aromatic nitrogens is 3. The number of hydrogen-bond acceptors (Lipinski definition) is 4. The third-order valence-electron chi connectivity index (χ3n) is 14.8. The lowest BCUT2D eigenvalue weighted by Gasteiger charge is -2.39. The van der Waals surface area contributed by atoms with E-state index in [9.17, 15) is 0 Å². The minimum absolute atomic E-state index is 0.129. The van der Waals surface area contributed by atoms with Crippen molar-refractivity contribution in [2.24, 2.45) is 0 Å². The Morgan fingerprint density at radius 2 is 0.653 bits per heavy atom. The van der Waals surface area contributed by atoms with Crippen LogP contribution < -0.4 is 15.9 Å². The molecule has 5 heteroatoms. The van der Waals surface area contributed by atoms with Gasteiger partial charge in [0.05, 0.1) is 0 Å². The molecular formula is C67H52N3OP. The Bertz CT molecular complexity index is 3550. The fourth-order valence-corrected chi connectivity index (χ4v) is 13.8. The predicted molar refractivity (Wildman–Crippen MR) is 300 cm³/mol. The van der Waals surface area contributed by atoms with Crippen molar-refractivity contribution in [3.8, 4) is 67.5 Å². The minimum atomic E-state index is -3.19. The summed E-state index contributed by atoms with van der Waals surface area (Å²) in [6, 6.07) is 88.9. The highest BCUT2D eigenvalue weighted by atomic mass is 31.2. The van der Waals surface area contributed by atoms with Crippen molar-refractivity contribution in [2.45, 2.75) is 37.5 Å². The Hall–Kier alpha value is -8.30. The molecule has 1 heterocycles. The summed E-state index contributed by atoms with van der Waals surface area (Å²) in [4.78, 5) is 15.4. The first-order valence-corrected chi connectivity index (χ1v) is 26.8. The van der Waals surface area contributed by atoms with Crippen LogP contribution in [0.15, 0.2) is 255 Å². The first-order chi connectivity index (χ1) is 35.5. The van der Waals surface area contributed by atoms with Gasteiger partial charge >= 0.3 is 0 Å². The zero-order chi connectivity index (χ0) is 48.3. The molecule has 0 N–H and O–H groups in total. The molecular weight excluding hydrogens is 894 g/mol. The third kappa shape index (κ3) is 8.48. The van der Waals surface area contributed by atoms with Gasteiger partial charge in [0.15, 0.2) is 24.6 Å². The van der Waals surface area contributed by atoms with Gasteiger partial charge < -0.3 is 4.57 Å². The summed E-state index contributed by atoms with van der Waals surface area (Å²) in [7, 11) is -3.19. The van der Waals surface area contributed by atoms with Crippen LogP contribution in [-0.2, 0) is 9.98 Å². The maximum Gasteiger partial charge on any atom is 0.171 e. The van der Waals surface area contributed by atoms with Crippen molar-refractivity contribution >= 4 is 33.8 Å². The molecule has 0 radical (unpaired) electrons. The summed E-state index contributed by atoms with van der Waals surface area (Å²) in [6.45, 7) is 0. The van der Waals surface area contributed by atoms with Crippen molar-refractivity contribution in [1.82, 2.24) is 15.0 Å². The van der Waals surface area contributed by atoms with E-state index in [4.69, 9.17) is 15.0 Å². The molecule has 1 aromatic heterocycles. The largest absolute Gasteiger partial charge is 0.309 e. The monoisotopic (exact) mass is 945 g/mol. The molecule has 72 heavy (non-hydrogen) atoms. The van der Waals surface area contributed by atoms with Crippen LogP contribution >= 0.6 is 7.14 Å². The lowest BCUT2D eigenvalue weighted by Crippen LogP contribution is -2.30. The molecule has 4 nitrogen and oxygen atoms in total. The summed E-state index contributed by atoms with van der Waals surface area (Å²) in [6.07, 6.45) is 5.74. The van der Waals surface area contributed by atoms with E-state index in [1.165, 1.54) is 41.5 Å². The fraction of sp³-hybridized carbons (Fsp3) is 0.0896. The van der Waals surface area contributed by atoms with Gasteiger partial charge in [-0.25, -0.2) is 15.0 Å². The van der Waals surface area contributed by atoms with E-state index < -0.39 is 7.14 Å². The molecule has 11 aromatic rings. The van der Waals surface area contributed by atoms with E-state index in [2.05, 4.69) is 182 Å². The van der Waals surface area contributed by atoms with E-state index in [0.717, 1.165) is 78.5 Å². The molecule has 1 aliphatic rings. The molecule has 0 bridgehead atoms. The zero-order valence-electron chi connectivity index (χ0n) is 40.0. The molecule has 346 valence electrons. The Morgan fingerprint density at radius 1 is 0.306 bits per heavy atom. The van der Waals surface area contributed by atoms with Crippen LogP contribution in [-0.4, -0.2) is 15.0 Å². The fourth-order valence-electron chi connectivity index (χ4n) is 11.0. The minimum Gasteiger partial charge on any atom is -0.309 e. The van der Waals surface area contributed by atoms with E-state index in [-0.39, 0.29) is 5.41 Å². The number of nitrogens with zero attached hydrogens (tertiary/aromatic N) is 3. The molecule has 0 atom stereocenters. The quantitative estimate of drug-likeness (QED) is 0.121. The van der Waals surface area contributed by atoms with Crippen LogP contribution in [0.25, 0.3) is 78.3 Å². The van der Waals surface area contributed by atoms with Crippen molar-refractivity contribution in [1.29, 1.82) is 0 Å². The molecule has 0 aliphatic heterocycles. The van der Waals surface area contributed by atoms with Crippen LogP contribution in [0.4, 0.5) is 0 Å². The number of hydrogen-bond donors (Lipinski definition) is 0. The van der Waals surface area contributed by atoms with E-state index in [0.29, 0.717) is 17.5 Å². The summed E-state index contributed by atoms with van der Waals surface area (Å²) in [5.41, 5.74) is 12.2. The van der Waals surface area contributed by atoms with Gasteiger partial charge in [0.25, 0.3) is 0 Å². The highest BCUT2D eigenvalue weighted by Gasteiger charge is 2.36. The third-order valence-corrected chi connectivity index (χ3v) is 17.9. The standard InChI is InChI=1S/C67H52N3OP/c71-72(58-22-10-3-11-23-58,59-24-12-4-13-25-59)63-45-44-60(61-26-14-15-27-62(61)63)52-36-40-56(41-37-52)67(46-16-5-17-47-67)57-42-38-55(39-43-57)66-69-64(53-32-28-50(29-33-53)48-18-6-1-7-19-48)68-65(70-66)54-34-30-51(31-35-54)49-20-8-2-9-21-49/h1-4,6-15,18-45H,5,16-17,46-47H2. The van der Waals surface area contributed by atoms with Crippen LogP contribution in [0.5, 0.6) is 0 Å². The van der Waals surface area contributed by atoms with Crippen LogP contribution in [0, 0.1) is 0 Å². The molecule has 0 spiro atoms. The second-order valence-electron chi connectivity index (χ2n) is 18.9. The SMILES string of the molecule is O=P(c1ccccc1)(c1ccccc1)c1ccc(-c2ccc(C3(c4ccc(-c5nc(-c6ccc(-c7ccccc7)cc6)nc(-c6ccc(-c7ccccc7)cc6)n5)cc4)CCCCC3)cc2)c2ccccc12. The normalized spacial score (nSPS) is 13.4. The Kier molecular flexibility index (Phi) is 12.1. The van der Waals surface area contributed by atoms with Gasteiger partial charge in [-0.15, -0.1) is 0 Å². The van der Waals surface area contributed by atoms with Gasteiger partial charge in [-0.05, 0) is 74.2 Å². The first kappa shape index (κ1) is 44.9. The molecule has 1 saturated carbocycles. The first-order valence-electron chi connectivity index (χ1n) is 25.1. The van der Waals surface area contributed by atoms with E-state index in [1.54, 1.807) is 0 Å². The maximum absolute atomic E-state index is 15.6. The summed E-state index contributed by atoms with van der Waals surface area (Å²) < 4.78 is 15.6. The van der Waals surface area contributed by atoms with E-state index >= 15 is 4.57 Å². The Morgan fingerprint density at radius 3 is 1.10 bits per heavy atom. The smallest absolute Gasteiger partial charge is 0.171 e. The highest BCUT2D eigenvalue weighted by molar-refractivity contribution is 7.85.